The van der Waals surface area contributed by atoms with Crippen LogP contribution in [0.3, 0.4) is 0 Å². The Morgan fingerprint density at radius 1 is 1.00 bits per heavy atom. The van der Waals surface area contributed by atoms with E-state index >= 15 is 0 Å². The Bertz CT molecular complexity index is 1070. The first-order valence-corrected chi connectivity index (χ1v) is 10.7. The van der Waals surface area contributed by atoms with Gasteiger partial charge in [0, 0.05) is 24.5 Å². The number of fused-ring (bicyclic) bond motifs is 1. The van der Waals surface area contributed by atoms with Crippen molar-refractivity contribution in [3.63, 3.8) is 0 Å². The lowest BCUT2D eigenvalue weighted by Gasteiger charge is -2.26. The Morgan fingerprint density at radius 2 is 1.81 bits per heavy atom. The topological polar surface area (TPSA) is 71.9 Å². The third kappa shape index (κ3) is 5.74. The number of rotatable bonds is 10. The number of para-hydroxylation sites is 1. The van der Waals surface area contributed by atoms with Crippen LogP contribution in [0.1, 0.15) is 29.5 Å². The lowest BCUT2D eigenvalue weighted by Crippen LogP contribution is -2.25. The number of hydroxylamine groups is 1. The summed E-state index contributed by atoms with van der Waals surface area (Å²) in [6, 6.07) is 19.8. The molecule has 2 aromatic carbocycles. The lowest BCUT2D eigenvalue weighted by molar-refractivity contribution is -0.139. The molecule has 1 aliphatic rings. The number of hydrogen-bond donors (Lipinski definition) is 1. The van der Waals surface area contributed by atoms with Crippen LogP contribution < -0.4 is 9.80 Å². The van der Waals surface area contributed by atoms with E-state index in [9.17, 15) is 4.79 Å². The first-order valence-electron chi connectivity index (χ1n) is 10.7. The highest BCUT2D eigenvalue weighted by molar-refractivity contribution is 5.69. The van der Waals surface area contributed by atoms with E-state index in [0.717, 1.165) is 48.2 Å². The average Bonchev–Trinajstić information content (AvgIpc) is 2.83. The van der Waals surface area contributed by atoms with Crippen molar-refractivity contribution in [2.45, 2.75) is 25.9 Å². The number of anilines is 1. The van der Waals surface area contributed by atoms with Crippen LogP contribution in [0.2, 0.25) is 0 Å². The maximum absolute atomic E-state index is 10.8. The molecule has 4 rings (SSSR count). The zero-order valence-corrected chi connectivity index (χ0v) is 17.8. The van der Waals surface area contributed by atoms with E-state index in [1.807, 2.05) is 59.7 Å². The highest BCUT2D eigenvalue weighted by atomic mass is 16.7. The summed E-state index contributed by atoms with van der Waals surface area (Å²) in [6.07, 6.45) is 8.34. The van der Waals surface area contributed by atoms with Crippen LogP contribution in [0.5, 0.6) is 5.75 Å². The Labute approximate surface area is 187 Å². The Morgan fingerprint density at radius 3 is 2.59 bits per heavy atom. The first-order chi connectivity index (χ1) is 15.7. The number of aromatic nitrogens is 1. The Kier molecular flexibility index (Phi) is 7.15. The summed E-state index contributed by atoms with van der Waals surface area (Å²) in [7, 11) is 0. The third-order valence-corrected chi connectivity index (χ3v) is 5.39. The summed E-state index contributed by atoms with van der Waals surface area (Å²) in [5.41, 5.74) is 5.59. The molecule has 0 amide bonds. The molecule has 0 unspecified atom stereocenters. The maximum atomic E-state index is 10.8. The number of carboxylic acid groups (broad SMARTS) is 1. The van der Waals surface area contributed by atoms with E-state index in [1.165, 1.54) is 5.57 Å². The van der Waals surface area contributed by atoms with Gasteiger partial charge in [-0.2, -0.15) is 0 Å². The van der Waals surface area contributed by atoms with Gasteiger partial charge in [-0.25, -0.2) is 4.79 Å². The van der Waals surface area contributed by atoms with Crippen LogP contribution in [0.4, 0.5) is 5.69 Å². The molecule has 32 heavy (non-hydrogen) atoms. The smallest absolute Gasteiger partial charge is 0.341 e. The normalized spacial score (nSPS) is 12.6. The van der Waals surface area contributed by atoms with E-state index in [-0.39, 0.29) is 6.61 Å². The molecule has 0 spiro atoms. The SMILES string of the molecule is O=C(O)COc1cccc2c1CCC(CCN(OCc1ccncc1)c1ccccc1)=C2. The van der Waals surface area contributed by atoms with Gasteiger partial charge in [-0.05, 0) is 60.7 Å². The largest absolute Gasteiger partial charge is 0.482 e. The summed E-state index contributed by atoms with van der Waals surface area (Å²) in [6.45, 7) is 0.878. The number of nitrogens with zero attached hydrogens (tertiary/aromatic N) is 2. The van der Waals surface area contributed by atoms with Crippen molar-refractivity contribution in [1.82, 2.24) is 4.98 Å². The number of hydrogen-bond acceptors (Lipinski definition) is 5. The lowest BCUT2D eigenvalue weighted by atomic mass is 9.90. The summed E-state index contributed by atoms with van der Waals surface area (Å²) < 4.78 is 5.47. The fourth-order valence-corrected chi connectivity index (χ4v) is 3.77. The Hall–Kier alpha value is -3.64. The molecule has 0 atom stereocenters. The second-order valence-electron chi connectivity index (χ2n) is 7.63. The molecule has 0 bridgehead atoms. The fourth-order valence-electron chi connectivity index (χ4n) is 3.77. The standard InChI is InChI=1S/C26H26N2O4/c29-26(30)19-31-25-8-4-5-22-17-20(9-10-24(22)25)13-16-28(23-6-2-1-3-7-23)32-18-21-11-14-27-15-12-21/h1-8,11-12,14-15,17H,9-10,13,16,18-19H2,(H,29,30). The van der Waals surface area contributed by atoms with E-state index in [1.54, 1.807) is 12.4 Å². The van der Waals surface area contributed by atoms with E-state index < -0.39 is 5.97 Å². The summed E-state index contributed by atoms with van der Waals surface area (Å²) >= 11 is 0. The summed E-state index contributed by atoms with van der Waals surface area (Å²) in [5, 5.41) is 10.8. The number of carboxylic acids is 1. The highest BCUT2D eigenvalue weighted by Crippen LogP contribution is 2.32. The van der Waals surface area contributed by atoms with Gasteiger partial charge < -0.3 is 9.84 Å². The minimum Gasteiger partial charge on any atom is -0.482 e. The fraction of sp³-hybridized carbons (Fsp3) is 0.231. The molecule has 0 aliphatic heterocycles. The van der Waals surface area contributed by atoms with Gasteiger partial charge in [-0.15, -0.1) is 0 Å². The molecule has 0 fully saturated rings. The molecular weight excluding hydrogens is 404 g/mol. The summed E-state index contributed by atoms with van der Waals surface area (Å²) in [4.78, 5) is 21.1. The molecule has 3 aromatic rings. The van der Waals surface area contributed by atoms with Crippen LogP contribution in [0.15, 0.2) is 78.6 Å². The number of carbonyl (C=O) groups is 1. The van der Waals surface area contributed by atoms with Crippen LogP contribution in [-0.2, 0) is 22.7 Å². The zero-order chi connectivity index (χ0) is 22.2. The quantitative estimate of drug-likeness (QED) is 0.461. The third-order valence-electron chi connectivity index (χ3n) is 5.39. The average molecular weight is 431 g/mol. The van der Waals surface area contributed by atoms with Gasteiger partial charge in [0.05, 0.1) is 5.69 Å². The van der Waals surface area contributed by atoms with Crippen molar-refractivity contribution in [3.8, 4) is 5.75 Å². The minimum atomic E-state index is -0.970. The molecule has 6 nitrogen and oxygen atoms in total. The molecule has 1 aromatic heterocycles. The zero-order valence-electron chi connectivity index (χ0n) is 17.8. The predicted octanol–water partition coefficient (Wildman–Crippen LogP) is 4.90. The van der Waals surface area contributed by atoms with Crippen molar-refractivity contribution in [2.24, 2.45) is 0 Å². The first kappa shape index (κ1) is 21.6. The number of aliphatic carboxylic acids is 1. The highest BCUT2D eigenvalue weighted by Gasteiger charge is 2.17. The second kappa shape index (κ2) is 10.6. The van der Waals surface area contributed by atoms with Crippen LogP contribution in [0, 0.1) is 0 Å². The Balaban J connectivity index is 1.44. The van der Waals surface area contributed by atoms with Gasteiger partial charge in [0.1, 0.15) is 12.4 Å². The van der Waals surface area contributed by atoms with Crippen LogP contribution in [-0.4, -0.2) is 29.2 Å². The van der Waals surface area contributed by atoms with Gasteiger partial charge in [-0.1, -0.05) is 42.0 Å². The molecule has 0 radical (unpaired) electrons. The number of ether oxygens (including phenoxy) is 1. The molecule has 1 aliphatic carbocycles. The molecule has 1 heterocycles. The number of pyridine rings is 1. The molecule has 0 saturated carbocycles. The molecular formula is C26H26N2O4. The minimum absolute atomic E-state index is 0.326. The van der Waals surface area contributed by atoms with Crippen molar-refractivity contribution in [1.29, 1.82) is 0 Å². The van der Waals surface area contributed by atoms with E-state index in [4.69, 9.17) is 14.7 Å². The molecule has 1 N–H and O–H groups in total. The van der Waals surface area contributed by atoms with Crippen molar-refractivity contribution in [3.05, 3.63) is 95.3 Å². The van der Waals surface area contributed by atoms with Gasteiger partial charge in [0.25, 0.3) is 0 Å². The molecule has 164 valence electrons. The van der Waals surface area contributed by atoms with Crippen molar-refractivity contribution >= 4 is 17.7 Å². The maximum Gasteiger partial charge on any atom is 0.341 e. The van der Waals surface area contributed by atoms with Gasteiger partial charge >= 0.3 is 5.97 Å². The second-order valence-corrected chi connectivity index (χ2v) is 7.63. The van der Waals surface area contributed by atoms with Gasteiger partial charge in [-0.3, -0.25) is 14.9 Å². The molecule has 0 saturated heterocycles. The van der Waals surface area contributed by atoms with Crippen molar-refractivity contribution < 1.29 is 19.5 Å². The predicted molar refractivity (Wildman–Crippen MR) is 123 cm³/mol. The number of benzene rings is 2. The van der Waals surface area contributed by atoms with E-state index in [2.05, 4.69) is 17.1 Å². The monoisotopic (exact) mass is 430 g/mol. The van der Waals surface area contributed by atoms with Gasteiger partial charge in [0.2, 0.25) is 0 Å². The summed E-state index contributed by atoms with van der Waals surface area (Å²) in [5.74, 6) is -0.311. The van der Waals surface area contributed by atoms with Crippen LogP contribution >= 0.6 is 0 Å². The van der Waals surface area contributed by atoms with Crippen molar-refractivity contribution in [2.75, 3.05) is 18.2 Å². The van der Waals surface area contributed by atoms with Crippen LogP contribution in [0.25, 0.3) is 6.08 Å². The van der Waals surface area contributed by atoms with E-state index in [0.29, 0.717) is 12.4 Å². The van der Waals surface area contributed by atoms with Gasteiger partial charge in [0.15, 0.2) is 6.61 Å². The molecule has 6 heteroatoms.